The molecule has 0 fully saturated rings. The average Bonchev–Trinajstić information content (AvgIpc) is 2.51. The van der Waals surface area contributed by atoms with E-state index in [1.165, 1.54) is 0 Å². The maximum absolute atomic E-state index is 12.1. The summed E-state index contributed by atoms with van der Waals surface area (Å²) in [5, 5.41) is 2.95. The first-order valence-corrected chi connectivity index (χ1v) is 7.62. The molecule has 1 N–H and O–H groups in total. The summed E-state index contributed by atoms with van der Waals surface area (Å²) in [6.45, 7) is 7.58. The van der Waals surface area contributed by atoms with Gasteiger partial charge < -0.3 is 10.1 Å². The summed E-state index contributed by atoms with van der Waals surface area (Å²) < 4.78 is 5.69. The van der Waals surface area contributed by atoms with Crippen molar-refractivity contribution in [2.45, 2.75) is 59.1 Å². The minimum atomic E-state index is -0.628. The Kier molecular flexibility index (Phi) is 6.92. The van der Waals surface area contributed by atoms with E-state index in [2.05, 4.69) is 5.32 Å². The highest BCUT2D eigenvalue weighted by Crippen LogP contribution is 2.21. The van der Waals surface area contributed by atoms with Crippen molar-refractivity contribution >= 4 is 11.7 Å². The van der Waals surface area contributed by atoms with Crippen molar-refractivity contribution in [2.75, 3.05) is 0 Å². The van der Waals surface area contributed by atoms with E-state index in [1.807, 2.05) is 20.8 Å². The van der Waals surface area contributed by atoms with Crippen LogP contribution in [0, 0.1) is 0 Å². The van der Waals surface area contributed by atoms with Gasteiger partial charge in [0.15, 0.2) is 11.9 Å². The Morgan fingerprint density at radius 1 is 1.14 bits per heavy atom. The van der Waals surface area contributed by atoms with Crippen LogP contribution in [0.5, 0.6) is 5.75 Å². The van der Waals surface area contributed by atoms with Crippen molar-refractivity contribution in [3.05, 3.63) is 29.8 Å². The molecule has 0 heterocycles. The van der Waals surface area contributed by atoms with Gasteiger partial charge in [-0.05, 0) is 31.9 Å². The Morgan fingerprint density at radius 2 is 1.76 bits per heavy atom. The van der Waals surface area contributed by atoms with Crippen LogP contribution in [-0.4, -0.2) is 23.8 Å². The minimum Gasteiger partial charge on any atom is -0.480 e. The zero-order valence-electron chi connectivity index (χ0n) is 13.3. The second-order valence-electron chi connectivity index (χ2n) is 5.05. The molecule has 0 aliphatic carbocycles. The molecule has 0 saturated carbocycles. The first-order chi connectivity index (χ1) is 10.0. The third-order valence-electron chi connectivity index (χ3n) is 3.51. The molecule has 1 aromatic carbocycles. The molecule has 0 aromatic heterocycles. The summed E-state index contributed by atoms with van der Waals surface area (Å²) >= 11 is 0. The van der Waals surface area contributed by atoms with Crippen molar-refractivity contribution < 1.29 is 14.3 Å². The van der Waals surface area contributed by atoms with Crippen molar-refractivity contribution in [3.8, 4) is 5.75 Å². The maximum Gasteiger partial charge on any atom is 0.260 e. The van der Waals surface area contributed by atoms with Crippen LogP contribution in [-0.2, 0) is 4.79 Å². The average molecular weight is 291 g/mol. The van der Waals surface area contributed by atoms with E-state index in [-0.39, 0.29) is 17.7 Å². The smallest absolute Gasteiger partial charge is 0.260 e. The Labute approximate surface area is 126 Å². The van der Waals surface area contributed by atoms with E-state index in [4.69, 9.17) is 4.74 Å². The number of ether oxygens (including phenoxy) is 1. The predicted octanol–water partition coefficient (Wildman–Crippen LogP) is 3.35. The van der Waals surface area contributed by atoms with Crippen molar-refractivity contribution in [2.24, 2.45) is 0 Å². The molecule has 1 rings (SSSR count). The lowest BCUT2D eigenvalue weighted by atomic mass is 10.1. The zero-order valence-corrected chi connectivity index (χ0v) is 13.3. The van der Waals surface area contributed by atoms with Gasteiger partial charge in [0.25, 0.3) is 5.91 Å². The summed E-state index contributed by atoms with van der Waals surface area (Å²) in [6, 6.07) is 7.21. The topological polar surface area (TPSA) is 55.4 Å². The van der Waals surface area contributed by atoms with Crippen LogP contribution in [0.3, 0.4) is 0 Å². The van der Waals surface area contributed by atoms with Crippen LogP contribution in [0.4, 0.5) is 0 Å². The highest BCUT2D eigenvalue weighted by Gasteiger charge is 2.19. The SMILES string of the molecule is CCC(=O)c1ccccc1OC(C)C(=O)NC(CC)CC. The number of rotatable bonds is 8. The molecule has 1 unspecified atom stereocenters. The molecule has 1 atom stereocenters. The number of benzene rings is 1. The number of Topliss-reactive ketones (excluding diaryl/α,β-unsaturated/α-hetero) is 1. The van der Waals surface area contributed by atoms with Crippen molar-refractivity contribution in [1.29, 1.82) is 0 Å². The number of amides is 1. The number of nitrogens with one attached hydrogen (secondary N) is 1. The molecular formula is C17H25NO3. The Bertz CT molecular complexity index is 481. The fourth-order valence-electron chi connectivity index (χ4n) is 2.05. The predicted molar refractivity (Wildman–Crippen MR) is 83.7 cm³/mol. The lowest BCUT2D eigenvalue weighted by molar-refractivity contribution is -0.128. The quantitative estimate of drug-likeness (QED) is 0.747. The Morgan fingerprint density at radius 3 is 2.33 bits per heavy atom. The molecule has 0 aliphatic heterocycles. The van der Waals surface area contributed by atoms with Gasteiger partial charge in [-0.25, -0.2) is 0 Å². The zero-order chi connectivity index (χ0) is 15.8. The largest absolute Gasteiger partial charge is 0.480 e. The molecule has 0 bridgehead atoms. The number of carbonyl (C=O) groups excluding carboxylic acids is 2. The van der Waals surface area contributed by atoms with Gasteiger partial charge in [0.05, 0.1) is 5.56 Å². The molecule has 0 spiro atoms. The van der Waals surface area contributed by atoms with E-state index in [9.17, 15) is 9.59 Å². The van der Waals surface area contributed by atoms with Crippen LogP contribution >= 0.6 is 0 Å². The second-order valence-corrected chi connectivity index (χ2v) is 5.05. The molecule has 0 radical (unpaired) electrons. The van der Waals surface area contributed by atoms with Gasteiger partial charge in [-0.1, -0.05) is 32.9 Å². The van der Waals surface area contributed by atoms with E-state index in [1.54, 1.807) is 31.2 Å². The lowest BCUT2D eigenvalue weighted by Gasteiger charge is -2.20. The van der Waals surface area contributed by atoms with E-state index >= 15 is 0 Å². The molecule has 4 nitrogen and oxygen atoms in total. The van der Waals surface area contributed by atoms with Crippen LogP contribution in [0.1, 0.15) is 57.3 Å². The van der Waals surface area contributed by atoms with Gasteiger partial charge in [0.1, 0.15) is 5.75 Å². The minimum absolute atomic E-state index is 0.0122. The van der Waals surface area contributed by atoms with Crippen LogP contribution in [0.15, 0.2) is 24.3 Å². The summed E-state index contributed by atoms with van der Waals surface area (Å²) in [5.41, 5.74) is 0.530. The fraction of sp³-hybridized carbons (Fsp3) is 0.529. The van der Waals surface area contributed by atoms with Crippen molar-refractivity contribution in [1.82, 2.24) is 5.32 Å². The van der Waals surface area contributed by atoms with Gasteiger partial charge in [-0.3, -0.25) is 9.59 Å². The van der Waals surface area contributed by atoms with Gasteiger partial charge in [0, 0.05) is 12.5 Å². The molecule has 116 valence electrons. The van der Waals surface area contributed by atoms with Crippen LogP contribution in [0.2, 0.25) is 0 Å². The van der Waals surface area contributed by atoms with Gasteiger partial charge in [0.2, 0.25) is 0 Å². The summed E-state index contributed by atoms with van der Waals surface area (Å²) in [6.07, 6.45) is 1.56. The highest BCUT2D eigenvalue weighted by atomic mass is 16.5. The lowest BCUT2D eigenvalue weighted by Crippen LogP contribution is -2.42. The number of carbonyl (C=O) groups is 2. The standard InChI is InChI=1S/C17H25NO3/c1-5-13(6-2)18-17(20)12(4)21-16-11-9-8-10-14(16)15(19)7-3/h8-13H,5-7H2,1-4H3,(H,18,20). The first kappa shape index (κ1) is 17.2. The van der Waals surface area contributed by atoms with Crippen molar-refractivity contribution in [3.63, 3.8) is 0 Å². The number of para-hydroxylation sites is 1. The van der Waals surface area contributed by atoms with Crippen LogP contribution in [0.25, 0.3) is 0 Å². The molecule has 4 heteroatoms. The molecule has 0 saturated heterocycles. The van der Waals surface area contributed by atoms with Gasteiger partial charge in [-0.15, -0.1) is 0 Å². The Balaban J connectivity index is 2.77. The van der Waals surface area contributed by atoms with E-state index in [0.717, 1.165) is 12.8 Å². The maximum atomic E-state index is 12.1. The first-order valence-electron chi connectivity index (χ1n) is 7.62. The van der Waals surface area contributed by atoms with Gasteiger partial charge >= 0.3 is 0 Å². The third kappa shape index (κ3) is 4.88. The van der Waals surface area contributed by atoms with E-state index in [0.29, 0.717) is 17.7 Å². The fourth-order valence-corrected chi connectivity index (χ4v) is 2.05. The summed E-state index contributed by atoms with van der Waals surface area (Å²) in [5.74, 6) is 0.331. The highest BCUT2D eigenvalue weighted by molar-refractivity contribution is 5.98. The van der Waals surface area contributed by atoms with Crippen LogP contribution < -0.4 is 10.1 Å². The molecule has 1 amide bonds. The summed E-state index contributed by atoms with van der Waals surface area (Å²) in [4.78, 5) is 24.0. The second kappa shape index (κ2) is 8.45. The molecule has 21 heavy (non-hydrogen) atoms. The number of hydrogen-bond acceptors (Lipinski definition) is 3. The number of hydrogen-bond donors (Lipinski definition) is 1. The summed E-state index contributed by atoms with van der Waals surface area (Å²) in [7, 11) is 0. The monoisotopic (exact) mass is 291 g/mol. The van der Waals surface area contributed by atoms with E-state index < -0.39 is 6.10 Å². The normalized spacial score (nSPS) is 12.0. The molecular weight excluding hydrogens is 266 g/mol. The van der Waals surface area contributed by atoms with Gasteiger partial charge in [-0.2, -0.15) is 0 Å². The third-order valence-corrected chi connectivity index (χ3v) is 3.51. The number of ketones is 1. The molecule has 0 aliphatic rings. The Hall–Kier alpha value is -1.84. The molecule has 1 aromatic rings.